The van der Waals surface area contributed by atoms with Crippen LogP contribution in [0.5, 0.6) is 0 Å². The molecule has 1 aliphatic rings. The van der Waals surface area contributed by atoms with Gasteiger partial charge in [-0.3, -0.25) is 9.69 Å². The summed E-state index contributed by atoms with van der Waals surface area (Å²) in [5.41, 5.74) is 1.31. The first-order valence-electron chi connectivity index (χ1n) is 7.14. The van der Waals surface area contributed by atoms with Gasteiger partial charge >= 0.3 is 5.97 Å². The van der Waals surface area contributed by atoms with Crippen molar-refractivity contribution in [2.45, 2.75) is 38.6 Å². The molecule has 1 aromatic carbocycles. The van der Waals surface area contributed by atoms with E-state index in [-0.39, 0.29) is 5.92 Å². The van der Waals surface area contributed by atoms with Gasteiger partial charge in [-0.05, 0) is 36.9 Å². The molecule has 1 fully saturated rings. The van der Waals surface area contributed by atoms with Crippen LogP contribution in [-0.2, 0) is 4.79 Å². The molecule has 0 radical (unpaired) electrons. The van der Waals surface area contributed by atoms with Crippen LogP contribution in [0.3, 0.4) is 0 Å². The third-order valence-corrected chi connectivity index (χ3v) is 4.37. The normalized spacial score (nSPS) is 25.4. The molecule has 0 aliphatic carbocycles. The Bertz CT molecular complexity index is 418. The summed E-state index contributed by atoms with van der Waals surface area (Å²) in [4.78, 5) is 13.5. The number of likely N-dealkylation sites (tertiary alicyclic amines) is 1. The number of carboxylic acids is 1. The highest BCUT2D eigenvalue weighted by Gasteiger charge is 2.38. The Labute approximate surface area is 115 Å². The lowest BCUT2D eigenvalue weighted by Gasteiger charge is -2.32. The fraction of sp³-hybridized carbons (Fsp3) is 0.562. The van der Waals surface area contributed by atoms with Crippen molar-refractivity contribution in [1.29, 1.82) is 0 Å². The molecule has 1 heterocycles. The van der Waals surface area contributed by atoms with Gasteiger partial charge in [0.25, 0.3) is 0 Å². The molecule has 0 spiro atoms. The van der Waals surface area contributed by atoms with Crippen LogP contribution in [0.4, 0.5) is 0 Å². The van der Waals surface area contributed by atoms with E-state index >= 15 is 0 Å². The number of aliphatic carboxylic acids is 1. The number of likely N-dealkylation sites (N-methyl/N-ethyl adjacent to an activating group) is 1. The Balaban J connectivity index is 2.19. The van der Waals surface area contributed by atoms with Gasteiger partial charge in [-0.15, -0.1) is 0 Å². The maximum atomic E-state index is 11.0. The highest BCUT2D eigenvalue weighted by molar-refractivity contribution is 5.67. The monoisotopic (exact) mass is 261 g/mol. The molecule has 1 N–H and O–H groups in total. The summed E-state index contributed by atoms with van der Waals surface area (Å²) in [5, 5.41) is 9.08. The third kappa shape index (κ3) is 3.16. The van der Waals surface area contributed by atoms with Gasteiger partial charge in [-0.1, -0.05) is 44.2 Å². The molecule has 104 valence electrons. The van der Waals surface area contributed by atoms with Gasteiger partial charge in [0.15, 0.2) is 0 Å². The summed E-state index contributed by atoms with van der Waals surface area (Å²) >= 11 is 0. The minimum atomic E-state index is -0.673. The molecule has 3 atom stereocenters. The summed E-state index contributed by atoms with van der Waals surface area (Å²) in [6.07, 6.45) is 1.29. The standard InChI is InChI=1S/C16H23NO2/c1-3-17-10-9-14(11-15(18)19)16(17)12(2)13-7-5-4-6-8-13/h4-8,12,14,16H,3,9-11H2,1-2H3,(H,18,19)/t12?,14-,16?/m1/s1. The zero-order chi connectivity index (χ0) is 13.8. The van der Waals surface area contributed by atoms with E-state index in [1.807, 2.05) is 6.07 Å². The largest absolute Gasteiger partial charge is 0.481 e. The number of carbonyl (C=O) groups is 1. The van der Waals surface area contributed by atoms with E-state index in [2.05, 4.69) is 43.0 Å². The number of hydrogen-bond donors (Lipinski definition) is 1. The maximum Gasteiger partial charge on any atom is 0.303 e. The molecule has 0 amide bonds. The van der Waals surface area contributed by atoms with Gasteiger partial charge in [0.2, 0.25) is 0 Å². The zero-order valence-corrected chi connectivity index (χ0v) is 11.7. The quantitative estimate of drug-likeness (QED) is 0.886. The number of benzene rings is 1. The van der Waals surface area contributed by atoms with Crippen LogP contribution < -0.4 is 0 Å². The Morgan fingerprint density at radius 1 is 1.42 bits per heavy atom. The summed E-state index contributed by atoms with van der Waals surface area (Å²) < 4.78 is 0. The molecule has 1 aliphatic heterocycles. The lowest BCUT2D eigenvalue weighted by Crippen LogP contribution is -2.37. The molecular weight excluding hydrogens is 238 g/mol. The highest BCUT2D eigenvalue weighted by Crippen LogP contribution is 2.36. The zero-order valence-electron chi connectivity index (χ0n) is 11.7. The van der Waals surface area contributed by atoms with Crippen LogP contribution in [0.15, 0.2) is 30.3 Å². The van der Waals surface area contributed by atoms with E-state index in [0.29, 0.717) is 18.4 Å². The van der Waals surface area contributed by atoms with Gasteiger partial charge in [0, 0.05) is 12.5 Å². The van der Waals surface area contributed by atoms with Crippen LogP contribution in [-0.4, -0.2) is 35.1 Å². The predicted molar refractivity (Wildman–Crippen MR) is 76.3 cm³/mol. The predicted octanol–water partition coefficient (Wildman–Crippen LogP) is 2.98. The van der Waals surface area contributed by atoms with E-state index < -0.39 is 5.97 Å². The second-order valence-corrected chi connectivity index (χ2v) is 5.47. The first kappa shape index (κ1) is 14.1. The second-order valence-electron chi connectivity index (χ2n) is 5.47. The van der Waals surface area contributed by atoms with Gasteiger partial charge in [0.05, 0.1) is 0 Å². The van der Waals surface area contributed by atoms with Crippen molar-refractivity contribution in [2.24, 2.45) is 5.92 Å². The molecule has 1 aromatic rings. The van der Waals surface area contributed by atoms with Crippen molar-refractivity contribution >= 4 is 5.97 Å². The Morgan fingerprint density at radius 3 is 2.68 bits per heavy atom. The fourth-order valence-electron chi connectivity index (χ4n) is 3.44. The molecule has 2 unspecified atom stereocenters. The van der Waals surface area contributed by atoms with Crippen LogP contribution >= 0.6 is 0 Å². The summed E-state index contributed by atoms with van der Waals surface area (Å²) in [5.74, 6) is -0.0196. The van der Waals surface area contributed by atoms with Crippen molar-refractivity contribution in [3.63, 3.8) is 0 Å². The second kappa shape index (κ2) is 6.20. The Morgan fingerprint density at radius 2 is 2.11 bits per heavy atom. The van der Waals surface area contributed by atoms with E-state index in [1.165, 1.54) is 5.56 Å². The van der Waals surface area contributed by atoms with Gasteiger partial charge in [0.1, 0.15) is 0 Å². The lowest BCUT2D eigenvalue weighted by atomic mass is 9.83. The molecule has 2 rings (SSSR count). The van der Waals surface area contributed by atoms with E-state index in [9.17, 15) is 4.79 Å². The molecule has 0 aromatic heterocycles. The SMILES string of the molecule is CCN1CC[C@H](CC(=O)O)C1C(C)c1ccccc1. The average molecular weight is 261 g/mol. The van der Waals surface area contributed by atoms with Crippen molar-refractivity contribution < 1.29 is 9.90 Å². The topological polar surface area (TPSA) is 40.5 Å². The van der Waals surface area contributed by atoms with Gasteiger partial charge < -0.3 is 5.11 Å². The van der Waals surface area contributed by atoms with E-state index in [1.54, 1.807) is 0 Å². The molecule has 0 saturated carbocycles. The van der Waals surface area contributed by atoms with Gasteiger partial charge in [-0.2, -0.15) is 0 Å². The van der Waals surface area contributed by atoms with Crippen LogP contribution in [0, 0.1) is 5.92 Å². The Kier molecular flexibility index (Phi) is 4.59. The first-order chi connectivity index (χ1) is 9.13. The minimum absolute atomic E-state index is 0.271. The van der Waals surface area contributed by atoms with Crippen molar-refractivity contribution in [3.8, 4) is 0 Å². The van der Waals surface area contributed by atoms with Gasteiger partial charge in [-0.25, -0.2) is 0 Å². The molecule has 19 heavy (non-hydrogen) atoms. The van der Waals surface area contributed by atoms with Crippen LogP contribution in [0.1, 0.15) is 38.2 Å². The average Bonchev–Trinajstić information content (AvgIpc) is 2.81. The number of nitrogens with zero attached hydrogens (tertiary/aromatic N) is 1. The lowest BCUT2D eigenvalue weighted by molar-refractivity contribution is -0.138. The van der Waals surface area contributed by atoms with Crippen LogP contribution in [0.2, 0.25) is 0 Å². The molecule has 1 saturated heterocycles. The van der Waals surface area contributed by atoms with E-state index in [0.717, 1.165) is 19.5 Å². The van der Waals surface area contributed by atoms with Crippen molar-refractivity contribution in [2.75, 3.05) is 13.1 Å². The first-order valence-corrected chi connectivity index (χ1v) is 7.14. The molecule has 3 heteroatoms. The summed E-state index contributed by atoms with van der Waals surface area (Å²) in [6.45, 7) is 6.41. The van der Waals surface area contributed by atoms with E-state index in [4.69, 9.17) is 5.11 Å². The van der Waals surface area contributed by atoms with Crippen molar-refractivity contribution in [1.82, 2.24) is 4.90 Å². The van der Waals surface area contributed by atoms with Crippen LogP contribution in [0.25, 0.3) is 0 Å². The number of hydrogen-bond acceptors (Lipinski definition) is 2. The highest BCUT2D eigenvalue weighted by atomic mass is 16.4. The number of rotatable bonds is 5. The molecule has 3 nitrogen and oxygen atoms in total. The molecular formula is C16H23NO2. The Hall–Kier alpha value is -1.35. The summed E-state index contributed by atoms with van der Waals surface area (Å²) in [7, 11) is 0. The molecule has 0 bridgehead atoms. The maximum absolute atomic E-state index is 11.0. The smallest absolute Gasteiger partial charge is 0.303 e. The number of carboxylic acid groups (broad SMARTS) is 1. The minimum Gasteiger partial charge on any atom is -0.481 e. The van der Waals surface area contributed by atoms with Crippen molar-refractivity contribution in [3.05, 3.63) is 35.9 Å². The third-order valence-electron chi connectivity index (χ3n) is 4.37. The fourth-order valence-corrected chi connectivity index (χ4v) is 3.44. The summed E-state index contributed by atoms with van der Waals surface area (Å²) in [6, 6.07) is 10.8.